The maximum atomic E-state index is 10.2. The predicted molar refractivity (Wildman–Crippen MR) is 132 cm³/mol. The van der Waals surface area contributed by atoms with Crippen LogP contribution in [0.5, 0.6) is 0 Å². The summed E-state index contributed by atoms with van der Waals surface area (Å²) in [6, 6.07) is 13.0. The van der Waals surface area contributed by atoms with Crippen LogP contribution in [0.2, 0.25) is 0 Å². The second kappa shape index (κ2) is 7.33. The molecule has 4 fully saturated rings. The van der Waals surface area contributed by atoms with E-state index in [1.54, 1.807) is 4.68 Å². The zero-order valence-electron chi connectivity index (χ0n) is 20.8. The van der Waals surface area contributed by atoms with Crippen LogP contribution in [0.3, 0.4) is 0 Å². The Morgan fingerprint density at radius 1 is 1.22 bits per heavy atom. The van der Waals surface area contributed by atoms with E-state index < -0.39 is 11.0 Å². The number of pyridine rings is 1. The molecule has 0 amide bonds. The van der Waals surface area contributed by atoms with Crippen LogP contribution in [0, 0.1) is 12.3 Å². The van der Waals surface area contributed by atoms with Gasteiger partial charge in [-0.05, 0) is 47.4 Å². The zero-order valence-corrected chi connectivity index (χ0v) is 20.8. The summed E-state index contributed by atoms with van der Waals surface area (Å²) in [7, 11) is 1.82. The number of tetrazole rings is 1. The summed E-state index contributed by atoms with van der Waals surface area (Å²) in [4.78, 5) is 7.40. The molecular formula is C26H30N8O2. The Labute approximate surface area is 208 Å². The molecule has 1 aliphatic carbocycles. The predicted octanol–water partition coefficient (Wildman–Crippen LogP) is 2.12. The highest BCUT2D eigenvalue weighted by atomic mass is 16.5. The summed E-state index contributed by atoms with van der Waals surface area (Å²) < 4.78 is 9.89. The number of hydrogen-bond donors (Lipinski definition) is 1. The molecule has 3 aromatic heterocycles. The second-order valence-corrected chi connectivity index (χ2v) is 11.2. The summed E-state index contributed by atoms with van der Waals surface area (Å²) in [5, 5.41) is 27.3. The molecule has 4 aliphatic rings. The number of rotatable bonds is 5. The van der Waals surface area contributed by atoms with Crippen molar-refractivity contribution in [3.05, 3.63) is 65.4 Å². The molecule has 3 aliphatic heterocycles. The van der Waals surface area contributed by atoms with Gasteiger partial charge in [-0.2, -0.15) is 0 Å². The van der Waals surface area contributed by atoms with E-state index >= 15 is 0 Å². The third-order valence-electron chi connectivity index (χ3n) is 8.83. The van der Waals surface area contributed by atoms with Gasteiger partial charge in [-0.1, -0.05) is 37.3 Å². The molecule has 10 heteroatoms. The SMILES string of the molecule is Cc1cc(N2CC[C@](C)(c3ccccc3)C2)cn2nc(C34CC(CO)(CO3)C4c3nnnn3C)nc12. The average molecular weight is 487 g/mol. The third kappa shape index (κ3) is 2.82. The molecule has 36 heavy (non-hydrogen) atoms. The molecule has 1 N–H and O–H groups in total. The normalized spacial score (nSPS) is 31.3. The lowest BCUT2D eigenvalue weighted by Crippen LogP contribution is -2.54. The Bertz CT molecular complexity index is 1470. The molecule has 1 aromatic carbocycles. The number of ether oxygens (including phenoxy) is 1. The lowest BCUT2D eigenvalue weighted by atomic mass is 9.53. The minimum absolute atomic E-state index is 0.0119. The number of anilines is 1. The van der Waals surface area contributed by atoms with Crippen molar-refractivity contribution in [3.63, 3.8) is 0 Å². The first kappa shape index (κ1) is 21.9. The fourth-order valence-electron chi connectivity index (χ4n) is 6.80. The number of aromatic nitrogens is 7. The first-order valence-electron chi connectivity index (χ1n) is 12.5. The maximum Gasteiger partial charge on any atom is 0.184 e. The molecule has 10 nitrogen and oxygen atoms in total. The van der Waals surface area contributed by atoms with Gasteiger partial charge in [-0.3, -0.25) is 0 Å². The van der Waals surface area contributed by atoms with Crippen molar-refractivity contribution in [2.75, 3.05) is 31.2 Å². The van der Waals surface area contributed by atoms with Crippen molar-refractivity contribution in [2.45, 2.75) is 43.6 Å². The minimum atomic E-state index is -0.733. The van der Waals surface area contributed by atoms with Crippen LogP contribution in [0.4, 0.5) is 5.69 Å². The van der Waals surface area contributed by atoms with E-state index in [-0.39, 0.29) is 17.9 Å². The summed E-state index contributed by atoms with van der Waals surface area (Å²) in [6.07, 6.45) is 3.83. The second-order valence-electron chi connectivity index (χ2n) is 11.2. The highest BCUT2D eigenvalue weighted by molar-refractivity contribution is 5.58. The van der Waals surface area contributed by atoms with E-state index in [9.17, 15) is 5.11 Å². The highest BCUT2D eigenvalue weighted by Crippen LogP contribution is 2.70. The molecule has 2 bridgehead atoms. The molecule has 3 saturated heterocycles. The van der Waals surface area contributed by atoms with Gasteiger partial charge in [0.25, 0.3) is 0 Å². The fourth-order valence-corrected chi connectivity index (χ4v) is 6.80. The maximum absolute atomic E-state index is 10.2. The van der Waals surface area contributed by atoms with Gasteiger partial charge in [0.1, 0.15) is 5.60 Å². The van der Waals surface area contributed by atoms with Crippen molar-refractivity contribution in [1.82, 2.24) is 34.8 Å². The molecule has 1 saturated carbocycles. The van der Waals surface area contributed by atoms with Crippen LogP contribution in [-0.4, -0.2) is 66.2 Å². The zero-order chi connectivity index (χ0) is 24.7. The van der Waals surface area contributed by atoms with E-state index in [4.69, 9.17) is 14.8 Å². The quantitative estimate of drug-likeness (QED) is 0.457. The van der Waals surface area contributed by atoms with Gasteiger partial charge in [0.05, 0.1) is 31.0 Å². The molecule has 8 rings (SSSR count). The fraction of sp³-hybridized carbons (Fsp3) is 0.500. The Morgan fingerprint density at radius 2 is 2.06 bits per heavy atom. The molecule has 4 aromatic rings. The Morgan fingerprint density at radius 3 is 2.81 bits per heavy atom. The Kier molecular flexibility index (Phi) is 4.45. The van der Waals surface area contributed by atoms with E-state index in [1.165, 1.54) is 5.56 Å². The minimum Gasteiger partial charge on any atom is -0.396 e. The Balaban J connectivity index is 1.24. The van der Waals surface area contributed by atoms with Gasteiger partial charge >= 0.3 is 0 Å². The summed E-state index contributed by atoms with van der Waals surface area (Å²) >= 11 is 0. The third-order valence-corrected chi connectivity index (χ3v) is 8.83. The topological polar surface area (TPSA) is 106 Å². The summed E-state index contributed by atoms with van der Waals surface area (Å²) in [6.45, 7) is 6.83. The van der Waals surface area contributed by atoms with Crippen LogP contribution in [-0.2, 0) is 22.8 Å². The van der Waals surface area contributed by atoms with Gasteiger partial charge in [-0.25, -0.2) is 14.2 Å². The largest absolute Gasteiger partial charge is 0.396 e. The van der Waals surface area contributed by atoms with E-state index in [2.05, 4.69) is 76.9 Å². The van der Waals surface area contributed by atoms with Crippen LogP contribution in [0.15, 0.2) is 42.6 Å². The molecule has 0 spiro atoms. The molecule has 186 valence electrons. The van der Waals surface area contributed by atoms with Gasteiger partial charge < -0.3 is 14.7 Å². The van der Waals surface area contributed by atoms with Crippen molar-refractivity contribution in [3.8, 4) is 0 Å². The van der Waals surface area contributed by atoms with Crippen molar-refractivity contribution >= 4 is 11.3 Å². The molecule has 3 unspecified atom stereocenters. The van der Waals surface area contributed by atoms with Crippen molar-refractivity contribution < 1.29 is 9.84 Å². The van der Waals surface area contributed by atoms with E-state index in [1.807, 2.05) is 11.6 Å². The highest BCUT2D eigenvalue weighted by Gasteiger charge is 2.74. The molecule has 6 heterocycles. The number of nitrogens with zero attached hydrogens (tertiary/aromatic N) is 8. The number of aliphatic hydroxyl groups excluding tert-OH is 1. The van der Waals surface area contributed by atoms with Gasteiger partial charge in [-0.15, -0.1) is 10.2 Å². The lowest BCUT2D eigenvalue weighted by Gasteiger charge is -2.49. The van der Waals surface area contributed by atoms with Gasteiger partial charge in [0.15, 0.2) is 17.3 Å². The van der Waals surface area contributed by atoms with E-state index in [0.717, 1.165) is 36.4 Å². The smallest absolute Gasteiger partial charge is 0.184 e. The first-order chi connectivity index (χ1) is 17.4. The van der Waals surface area contributed by atoms with Crippen LogP contribution in [0.25, 0.3) is 5.65 Å². The molecule has 0 radical (unpaired) electrons. The summed E-state index contributed by atoms with van der Waals surface area (Å²) in [5.74, 6) is 1.13. The average Bonchev–Trinajstić information content (AvgIpc) is 3.68. The van der Waals surface area contributed by atoms with E-state index in [0.29, 0.717) is 24.7 Å². The van der Waals surface area contributed by atoms with Crippen LogP contribution >= 0.6 is 0 Å². The lowest BCUT2D eigenvalue weighted by molar-refractivity contribution is -0.0728. The van der Waals surface area contributed by atoms with Gasteiger partial charge in [0.2, 0.25) is 0 Å². The van der Waals surface area contributed by atoms with Gasteiger partial charge in [0, 0.05) is 31.0 Å². The number of aliphatic hydroxyl groups is 1. The number of aryl methyl sites for hydroxylation is 2. The number of benzene rings is 1. The standard InChI is InChI=1S/C26H30N8O2/c1-17-11-19(33-10-9-24(2,14-33)18-7-5-4-6-8-18)12-34-21(17)27-23(29-34)26-13-25(15-35,16-36-26)20(26)22-28-30-31-32(22)3/h4-8,11-12,20,35H,9-10,13-16H2,1-3H3/t20?,24-,25?,26?/m0/s1. The molecule has 4 atom stereocenters. The molecular weight excluding hydrogens is 456 g/mol. The first-order valence-corrected chi connectivity index (χ1v) is 12.5. The van der Waals surface area contributed by atoms with Crippen LogP contribution in [0.1, 0.15) is 48.5 Å². The summed E-state index contributed by atoms with van der Waals surface area (Å²) in [5.41, 5.74) is 3.39. The monoisotopic (exact) mass is 486 g/mol. The van der Waals surface area contributed by atoms with Crippen molar-refractivity contribution in [1.29, 1.82) is 0 Å². The number of fused-ring (bicyclic) bond motifs is 2. The van der Waals surface area contributed by atoms with Crippen molar-refractivity contribution in [2.24, 2.45) is 12.5 Å². The Hall–Kier alpha value is -3.37. The number of hydrogen-bond acceptors (Lipinski definition) is 8. The van der Waals surface area contributed by atoms with Crippen LogP contribution < -0.4 is 4.90 Å².